The summed E-state index contributed by atoms with van der Waals surface area (Å²) >= 11 is 8.12. The molecule has 0 spiro atoms. The van der Waals surface area contributed by atoms with Gasteiger partial charge in [0.1, 0.15) is 48.3 Å². The predicted octanol–water partition coefficient (Wildman–Crippen LogP) is -6.00. The summed E-state index contributed by atoms with van der Waals surface area (Å²) in [6.07, 6.45) is -1.95. The van der Waals surface area contributed by atoms with Crippen molar-refractivity contribution < 1.29 is 73.2 Å². The number of carboxylic acids is 3. The monoisotopic (exact) mass is 980 g/mol. The maximum atomic E-state index is 13.4. The number of carbonyl (C=O) groups is 11. The molecule has 66 heavy (non-hydrogen) atoms. The minimum Gasteiger partial charge on any atom is -0.481 e. The molecular weight excluding hydrogens is 917 g/mol. The lowest BCUT2D eigenvalue weighted by atomic mass is 10.0. The molecule has 0 aliphatic carbocycles. The molecule has 0 radical (unpaired) electrons. The zero-order valence-corrected chi connectivity index (χ0v) is 38.7. The second-order valence-electron chi connectivity index (χ2n) is 15.3. The second kappa shape index (κ2) is 31.1. The molecule has 0 bridgehead atoms. The first kappa shape index (κ1) is 60.1. The van der Waals surface area contributed by atoms with E-state index in [1.807, 2.05) is 13.8 Å². The van der Waals surface area contributed by atoms with Gasteiger partial charge in [0, 0.05) is 30.9 Å². The number of hydrogen-bond donors (Lipinski definition) is 17. The van der Waals surface area contributed by atoms with Gasteiger partial charge < -0.3 is 80.2 Å². The molecule has 18 N–H and O–H groups in total. The van der Waals surface area contributed by atoms with Crippen molar-refractivity contribution in [2.45, 2.75) is 127 Å². The molecule has 0 aromatic carbocycles. The van der Waals surface area contributed by atoms with E-state index in [0.29, 0.717) is 6.42 Å². The van der Waals surface area contributed by atoms with Crippen LogP contribution >= 0.6 is 25.3 Å². The number of carbonyl (C=O) groups excluding carboxylic acids is 8. The number of carboxylic acid groups (broad SMARTS) is 3. The van der Waals surface area contributed by atoms with E-state index in [2.05, 4.69) is 72.8 Å². The highest BCUT2D eigenvalue weighted by atomic mass is 32.1. The molecule has 0 aromatic rings. The molecule has 0 aliphatic heterocycles. The average molecular weight is 981 g/mol. The van der Waals surface area contributed by atoms with Gasteiger partial charge in [0.2, 0.25) is 47.3 Å². The lowest BCUT2D eigenvalue weighted by molar-refractivity contribution is -0.142. The number of aliphatic hydroxyl groups is 1. The largest absolute Gasteiger partial charge is 0.481 e. The maximum absolute atomic E-state index is 13.4. The van der Waals surface area contributed by atoms with E-state index in [1.165, 1.54) is 13.8 Å². The SMILES string of the molecule is CC(C)C[C@H](N)C(=O)N[C@@H](CS)C(=O)N[C@@H](CCC(=O)O)C(=O)N[C@@H](CS)C(=O)N[C@@H](CO)C(=O)N[C@@H](CCC(=O)O)C(=O)N[C@@H](C)C(=O)N[C@@H](C)C(=O)N[C@@H](CCCN=C(N)N)C(=O)O. The summed E-state index contributed by atoms with van der Waals surface area (Å²) in [6, 6.07) is -13.1. The van der Waals surface area contributed by atoms with Crippen LogP contribution in [-0.4, -0.2) is 171 Å². The lowest BCUT2D eigenvalue weighted by Gasteiger charge is -2.26. The highest BCUT2D eigenvalue weighted by Crippen LogP contribution is 2.07. The molecule has 0 saturated carbocycles. The van der Waals surface area contributed by atoms with Gasteiger partial charge in [-0.1, -0.05) is 13.8 Å². The van der Waals surface area contributed by atoms with Gasteiger partial charge in [-0.3, -0.25) is 52.9 Å². The van der Waals surface area contributed by atoms with Crippen LogP contribution in [0.1, 0.15) is 72.6 Å². The van der Waals surface area contributed by atoms with Crippen molar-refractivity contribution in [3.05, 3.63) is 0 Å². The molecule has 0 aromatic heterocycles. The van der Waals surface area contributed by atoms with Crippen molar-refractivity contribution in [1.29, 1.82) is 0 Å². The van der Waals surface area contributed by atoms with Crippen molar-refractivity contribution in [2.75, 3.05) is 24.7 Å². The standard InChI is InChI=1S/C37H64N12O15S2/c1-16(2)12-19(38)30(57)48-24(14-65)34(61)45-21(8-10-27(53)54)32(59)49-25(15-66)35(62)47-23(13-50)33(60)44-20(7-9-26(51)52)31(58)43-17(3)28(55)42-18(4)29(56)46-22(36(63)64)6-5-11-41-37(39)40/h16-25,50,65-66H,5-15,38H2,1-4H3,(H,42,55)(H,43,58)(H,44,60)(H,45,61)(H,46,56)(H,47,62)(H,48,57)(H,49,59)(H,51,52)(H,53,54)(H,63,64)(H4,39,40,41)/t17-,18-,19-,20-,21-,22-,23-,24-,25-/m0/s1. The Balaban J connectivity index is 5.86. The van der Waals surface area contributed by atoms with Crippen LogP contribution in [0.15, 0.2) is 4.99 Å². The van der Waals surface area contributed by atoms with E-state index in [9.17, 15) is 73.2 Å². The molecule has 0 rings (SSSR count). The number of aliphatic carboxylic acids is 3. The highest BCUT2D eigenvalue weighted by molar-refractivity contribution is 7.80. The molecule has 8 amide bonds. The Kier molecular flexibility index (Phi) is 28.3. The number of aliphatic hydroxyl groups excluding tert-OH is 1. The van der Waals surface area contributed by atoms with Crippen molar-refractivity contribution >= 4 is 96.4 Å². The average Bonchev–Trinajstić information content (AvgIpc) is 3.23. The van der Waals surface area contributed by atoms with Crippen molar-refractivity contribution in [3.8, 4) is 0 Å². The number of rotatable bonds is 32. The third kappa shape index (κ3) is 23.8. The van der Waals surface area contributed by atoms with Gasteiger partial charge in [0.05, 0.1) is 12.6 Å². The summed E-state index contributed by atoms with van der Waals surface area (Å²) in [5, 5.41) is 56.2. The van der Waals surface area contributed by atoms with E-state index >= 15 is 0 Å². The number of nitrogens with zero attached hydrogens (tertiary/aromatic N) is 1. The van der Waals surface area contributed by atoms with Gasteiger partial charge in [-0.25, -0.2) is 4.79 Å². The molecule has 374 valence electrons. The first-order chi connectivity index (χ1) is 30.8. The molecule has 27 nitrogen and oxygen atoms in total. The van der Waals surface area contributed by atoms with Gasteiger partial charge >= 0.3 is 17.9 Å². The summed E-state index contributed by atoms with van der Waals surface area (Å²) in [4.78, 5) is 143. The van der Waals surface area contributed by atoms with E-state index in [4.69, 9.17) is 17.2 Å². The topological polar surface area (TPSA) is 455 Å². The van der Waals surface area contributed by atoms with E-state index in [1.54, 1.807) is 0 Å². The van der Waals surface area contributed by atoms with Gasteiger partial charge in [0.25, 0.3) is 0 Å². The first-order valence-electron chi connectivity index (χ1n) is 20.5. The van der Waals surface area contributed by atoms with Crippen LogP contribution < -0.4 is 59.7 Å². The number of thiol groups is 2. The number of guanidine groups is 1. The first-order valence-corrected chi connectivity index (χ1v) is 21.8. The number of nitrogens with two attached hydrogens (primary N) is 3. The van der Waals surface area contributed by atoms with Crippen LogP contribution in [0.2, 0.25) is 0 Å². The van der Waals surface area contributed by atoms with E-state index in [-0.39, 0.29) is 37.0 Å². The lowest BCUT2D eigenvalue weighted by Crippen LogP contribution is -2.61. The van der Waals surface area contributed by atoms with E-state index in [0.717, 1.165) is 0 Å². The summed E-state index contributed by atoms with van der Waals surface area (Å²) in [5.41, 5.74) is 16.4. The molecule has 0 unspecified atom stereocenters. The molecule has 29 heteroatoms. The summed E-state index contributed by atoms with van der Waals surface area (Å²) in [6.45, 7) is 5.05. The zero-order chi connectivity index (χ0) is 50.8. The van der Waals surface area contributed by atoms with Crippen LogP contribution in [0.5, 0.6) is 0 Å². The van der Waals surface area contributed by atoms with Crippen LogP contribution in [0.4, 0.5) is 0 Å². The summed E-state index contributed by atoms with van der Waals surface area (Å²) in [5.74, 6) is -13.0. The molecule has 0 heterocycles. The minimum atomic E-state index is -1.84. The smallest absolute Gasteiger partial charge is 0.326 e. The summed E-state index contributed by atoms with van der Waals surface area (Å²) in [7, 11) is 0. The fraction of sp³-hybridized carbons (Fsp3) is 0.676. The fourth-order valence-electron chi connectivity index (χ4n) is 5.48. The Morgan fingerprint density at radius 3 is 1.29 bits per heavy atom. The van der Waals surface area contributed by atoms with Crippen LogP contribution in [0, 0.1) is 5.92 Å². The molecular formula is C37H64N12O15S2. The zero-order valence-electron chi connectivity index (χ0n) is 36.9. The van der Waals surface area contributed by atoms with Gasteiger partial charge in [-0.15, -0.1) is 0 Å². The Labute approximate surface area is 390 Å². The van der Waals surface area contributed by atoms with Crippen molar-refractivity contribution in [1.82, 2.24) is 42.5 Å². The van der Waals surface area contributed by atoms with Gasteiger partial charge in [-0.2, -0.15) is 25.3 Å². The third-order valence-corrected chi connectivity index (χ3v) is 9.86. The number of amides is 8. The van der Waals surface area contributed by atoms with E-state index < -0.39 is 158 Å². The Hall–Kier alpha value is -5.94. The number of aliphatic imine (C=N–C) groups is 1. The Bertz CT molecular complexity index is 1750. The molecule has 0 fully saturated rings. The summed E-state index contributed by atoms with van der Waals surface area (Å²) < 4.78 is 0. The quantitative estimate of drug-likeness (QED) is 0.0129. The van der Waals surface area contributed by atoms with Crippen LogP contribution in [-0.2, 0) is 52.7 Å². The molecule has 9 atom stereocenters. The van der Waals surface area contributed by atoms with Gasteiger partial charge in [0.15, 0.2) is 5.96 Å². The maximum Gasteiger partial charge on any atom is 0.326 e. The third-order valence-electron chi connectivity index (χ3n) is 9.13. The normalized spacial score (nSPS) is 15.0. The molecule has 0 aliphatic rings. The molecule has 0 saturated heterocycles. The fourth-order valence-corrected chi connectivity index (χ4v) is 5.99. The van der Waals surface area contributed by atoms with Crippen LogP contribution in [0.25, 0.3) is 0 Å². The van der Waals surface area contributed by atoms with Crippen molar-refractivity contribution in [2.24, 2.45) is 28.1 Å². The van der Waals surface area contributed by atoms with Gasteiger partial charge in [-0.05, 0) is 51.9 Å². The highest BCUT2D eigenvalue weighted by Gasteiger charge is 2.34. The Morgan fingerprint density at radius 1 is 0.515 bits per heavy atom. The number of hydrogen-bond acceptors (Lipinski definition) is 16. The van der Waals surface area contributed by atoms with Crippen LogP contribution in [0.3, 0.4) is 0 Å². The number of nitrogens with one attached hydrogen (secondary N) is 8. The minimum absolute atomic E-state index is 0.0475. The van der Waals surface area contributed by atoms with Crippen molar-refractivity contribution in [3.63, 3.8) is 0 Å². The second-order valence-corrected chi connectivity index (χ2v) is 16.0. The Morgan fingerprint density at radius 2 is 0.879 bits per heavy atom. The predicted molar refractivity (Wildman–Crippen MR) is 240 cm³/mol.